The predicted molar refractivity (Wildman–Crippen MR) is 80.4 cm³/mol. The maximum atomic E-state index is 11.8. The number of halogens is 1. The van der Waals surface area contributed by atoms with E-state index in [4.69, 9.17) is 0 Å². The number of rotatable bonds is 3. The Morgan fingerprint density at radius 2 is 2.21 bits per heavy atom. The third-order valence-corrected chi connectivity index (χ3v) is 4.48. The molecule has 1 aliphatic carbocycles. The van der Waals surface area contributed by atoms with Crippen molar-refractivity contribution in [1.29, 1.82) is 0 Å². The number of carboxylic acid groups (broad SMARTS) is 1. The highest BCUT2D eigenvalue weighted by atomic mass is 79.9. The minimum Gasteiger partial charge on any atom is -0.480 e. The molecule has 2 atom stereocenters. The molecule has 0 saturated heterocycles. The number of hydrogen-bond acceptors (Lipinski definition) is 2. The third kappa shape index (κ3) is 3.50. The van der Waals surface area contributed by atoms with Crippen molar-refractivity contribution in [3.63, 3.8) is 0 Å². The van der Waals surface area contributed by atoms with Crippen molar-refractivity contribution in [2.45, 2.75) is 44.6 Å². The molecule has 0 amide bonds. The summed E-state index contributed by atoms with van der Waals surface area (Å²) in [7, 11) is 0. The predicted octanol–water partition coefficient (Wildman–Crippen LogP) is 4.28. The number of carboxylic acids is 1. The smallest absolute Gasteiger partial charge is 0.329 e. The lowest BCUT2D eigenvalue weighted by Crippen LogP contribution is -2.46. The summed E-state index contributed by atoms with van der Waals surface area (Å²) in [6, 6.07) is 7.71. The fourth-order valence-corrected chi connectivity index (χ4v) is 3.15. The van der Waals surface area contributed by atoms with Gasteiger partial charge in [0.05, 0.1) is 0 Å². The highest BCUT2D eigenvalue weighted by Gasteiger charge is 2.39. The van der Waals surface area contributed by atoms with Crippen molar-refractivity contribution in [1.82, 2.24) is 0 Å². The Bertz CT molecular complexity index is 463. The molecule has 1 fully saturated rings. The van der Waals surface area contributed by atoms with E-state index >= 15 is 0 Å². The SMILES string of the molecule is CC1CCCC(Nc2cccc(Br)c2)(C(=O)O)CC1. The van der Waals surface area contributed by atoms with Crippen LogP contribution in [-0.4, -0.2) is 16.6 Å². The maximum Gasteiger partial charge on any atom is 0.329 e. The first-order valence-corrected chi connectivity index (χ1v) is 7.58. The van der Waals surface area contributed by atoms with Gasteiger partial charge in [0.2, 0.25) is 0 Å². The molecule has 4 heteroatoms. The molecule has 1 aromatic rings. The zero-order chi connectivity index (χ0) is 13.9. The van der Waals surface area contributed by atoms with Crippen LogP contribution in [0.3, 0.4) is 0 Å². The standard InChI is InChI=1S/C15H20BrNO2/c1-11-4-3-8-15(9-7-11,14(18)19)17-13-6-2-5-12(16)10-13/h2,5-6,10-11,17H,3-4,7-9H2,1H3,(H,18,19). The lowest BCUT2D eigenvalue weighted by atomic mass is 9.89. The van der Waals surface area contributed by atoms with Gasteiger partial charge >= 0.3 is 5.97 Å². The summed E-state index contributed by atoms with van der Waals surface area (Å²) in [5, 5.41) is 12.9. The van der Waals surface area contributed by atoms with Gasteiger partial charge < -0.3 is 10.4 Å². The molecule has 3 nitrogen and oxygen atoms in total. The van der Waals surface area contributed by atoms with Gasteiger partial charge in [-0.1, -0.05) is 41.8 Å². The zero-order valence-electron chi connectivity index (χ0n) is 11.2. The number of carbonyl (C=O) groups is 1. The molecule has 0 bridgehead atoms. The van der Waals surface area contributed by atoms with E-state index in [1.165, 1.54) is 0 Å². The van der Waals surface area contributed by atoms with Crippen LogP contribution < -0.4 is 5.32 Å². The van der Waals surface area contributed by atoms with Crippen molar-refractivity contribution in [3.8, 4) is 0 Å². The number of aliphatic carboxylic acids is 1. The Kier molecular flexibility index (Phi) is 4.50. The van der Waals surface area contributed by atoms with Crippen LogP contribution >= 0.6 is 15.9 Å². The summed E-state index contributed by atoms with van der Waals surface area (Å²) in [6.45, 7) is 2.21. The van der Waals surface area contributed by atoms with Crippen molar-refractivity contribution >= 4 is 27.6 Å². The normalized spacial score (nSPS) is 27.6. The van der Waals surface area contributed by atoms with Gasteiger partial charge in [0.15, 0.2) is 0 Å². The first-order chi connectivity index (χ1) is 9.02. The van der Waals surface area contributed by atoms with E-state index in [1.807, 2.05) is 24.3 Å². The first-order valence-electron chi connectivity index (χ1n) is 6.79. The molecule has 2 unspecified atom stereocenters. The van der Waals surface area contributed by atoms with Gasteiger partial charge in [0.1, 0.15) is 5.54 Å². The van der Waals surface area contributed by atoms with Gasteiger partial charge in [0, 0.05) is 10.2 Å². The molecule has 104 valence electrons. The van der Waals surface area contributed by atoms with Gasteiger partial charge in [-0.15, -0.1) is 0 Å². The molecule has 1 saturated carbocycles. The molecule has 2 rings (SSSR count). The van der Waals surface area contributed by atoms with Crippen LogP contribution in [0.1, 0.15) is 39.0 Å². The van der Waals surface area contributed by atoms with E-state index in [-0.39, 0.29) is 0 Å². The van der Waals surface area contributed by atoms with E-state index in [9.17, 15) is 9.90 Å². The average molecular weight is 326 g/mol. The van der Waals surface area contributed by atoms with Crippen LogP contribution in [0.15, 0.2) is 28.7 Å². The number of nitrogens with one attached hydrogen (secondary N) is 1. The first kappa shape index (κ1) is 14.4. The third-order valence-electron chi connectivity index (χ3n) is 3.98. The largest absolute Gasteiger partial charge is 0.480 e. The summed E-state index contributed by atoms with van der Waals surface area (Å²) in [4.78, 5) is 11.8. The van der Waals surface area contributed by atoms with Gasteiger partial charge in [0.25, 0.3) is 0 Å². The Morgan fingerprint density at radius 1 is 1.42 bits per heavy atom. The van der Waals surface area contributed by atoms with E-state index in [1.54, 1.807) is 0 Å². The highest BCUT2D eigenvalue weighted by molar-refractivity contribution is 9.10. The van der Waals surface area contributed by atoms with Crippen LogP contribution in [-0.2, 0) is 4.79 Å². The topological polar surface area (TPSA) is 49.3 Å². The van der Waals surface area contributed by atoms with E-state index in [2.05, 4.69) is 28.2 Å². The van der Waals surface area contributed by atoms with Crippen molar-refractivity contribution < 1.29 is 9.90 Å². The molecule has 2 N–H and O–H groups in total. The summed E-state index contributed by atoms with van der Waals surface area (Å²) in [5.41, 5.74) is 0.0530. The van der Waals surface area contributed by atoms with Gasteiger partial charge in [-0.3, -0.25) is 0 Å². The summed E-state index contributed by atoms with van der Waals surface area (Å²) in [6.07, 6.45) is 4.44. The second-order valence-corrected chi connectivity index (χ2v) is 6.47. The minimum atomic E-state index is -0.814. The molecule has 0 radical (unpaired) electrons. The average Bonchev–Trinajstić information content (AvgIpc) is 2.53. The van der Waals surface area contributed by atoms with Gasteiger partial charge in [-0.05, 0) is 43.4 Å². The summed E-state index contributed by atoms with van der Waals surface area (Å²) < 4.78 is 0.958. The second kappa shape index (κ2) is 5.95. The second-order valence-electron chi connectivity index (χ2n) is 5.56. The van der Waals surface area contributed by atoms with Crippen LogP contribution in [0.5, 0.6) is 0 Å². The van der Waals surface area contributed by atoms with Crippen LogP contribution in [0.25, 0.3) is 0 Å². The zero-order valence-corrected chi connectivity index (χ0v) is 12.7. The molecular weight excluding hydrogens is 306 g/mol. The molecule has 0 spiro atoms. The monoisotopic (exact) mass is 325 g/mol. The maximum absolute atomic E-state index is 11.8. The number of anilines is 1. The molecule has 0 heterocycles. The molecule has 1 aliphatic rings. The van der Waals surface area contributed by atoms with E-state index < -0.39 is 11.5 Å². The van der Waals surface area contributed by atoms with Crippen LogP contribution in [0.2, 0.25) is 0 Å². The number of hydrogen-bond donors (Lipinski definition) is 2. The molecule has 19 heavy (non-hydrogen) atoms. The fourth-order valence-electron chi connectivity index (χ4n) is 2.75. The molecule has 1 aromatic carbocycles. The number of benzene rings is 1. The molecular formula is C15H20BrNO2. The Hall–Kier alpha value is -1.03. The van der Waals surface area contributed by atoms with E-state index in [0.717, 1.165) is 29.4 Å². The molecule has 0 aliphatic heterocycles. The van der Waals surface area contributed by atoms with Crippen LogP contribution in [0, 0.1) is 5.92 Å². The van der Waals surface area contributed by atoms with Crippen molar-refractivity contribution in [2.75, 3.05) is 5.32 Å². The fraction of sp³-hybridized carbons (Fsp3) is 0.533. The Balaban J connectivity index is 2.22. The van der Waals surface area contributed by atoms with E-state index in [0.29, 0.717) is 18.8 Å². The van der Waals surface area contributed by atoms with Gasteiger partial charge in [-0.25, -0.2) is 4.79 Å². The lowest BCUT2D eigenvalue weighted by Gasteiger charge is -2.30. The van der Waals surface area contributed by atoms with Gasteiger partial charge in [-0.2, -0.15) is 0 Å². The Labute approximate surface area is 122 Å². The quantitative estimate of drug-likeness (QED) is 0.815. The van der Waals surface area contributed by atoms with Crippen LogP contribution in [0.4, 0.5) is 5.69 Å². The summed E-state index contributed by atoms with van der Waals surface area (Å²) in [5.74, 6) is -0.118. The van der Waals surface area contributed by atoms with Crippen molar-refractivity contribution in [3.05, 3.63) is 28.7 Å². The Morgan fingerprint density at radius 3 is 2.89 bits per heavy atom. The van der Waals surface area contributed by atoms with Crippen molar-refractivity contribution in [2.24, 2.45) is 5.92 Å². The molecule has 0 aromatic heterocycles. The lowest BCUT2D eigenvalue weighted by molar-refractivity contribution is -0.142. The minimum absolute atomic E-state index is 0.616. The highest BCUT2D eigenvalue weighted by Crippen LogP contribution is 2.33. The summed E-state index contributed by atoms with van der Waals surface area (Å²) >= 11 is 3.42.